The summed E-state index contributed by atoms with van der Waals surface area (Å²) < 4.78 is 13.0. The van der Waals surface area contributed by atoms with Gasteiger partial charge >= 0.3 is 0 Å². The van der Waals surface area contributed by atoms with Crippen LogP contribution in [0.25, 0.3) is 11.6 Å². The van der Waals surface area contributed by atoms with Crippen LogP contribution < -0.4 is 10.1 Å². The third kappa shape index (κ3) is 2.15. The van der Waals surface area contributed by atoms with E-state index in [4.69, 9.17) is 9.26 Å². The minimum absolute atomic E-state index is 0.180. The summed E-state index contributed by atoms with van der Waals surface area (Å²) in [6.07, 6.45) is 3.55. The molecule has 1 aliphatic heterocycles. The Balaban J connectivity index is 1.73. The zero-order valence-electron chi connectivity index (χ0n) is 12.1. The lowest BCUT2D eigenvalue weighted by Crippen LogP contribution is -2.24. The molecule has 1 atom stereocenters. The van der Waals surface area contributed by atoms with Crippen molar-refractivity contribution in [3.05, 3.63) is 48.1 Å². The van der Waals surface area contributed by atoms with Crippen molar-refractivity contribution in [2.24, 2.45) is 7.05 Å². The van der Waals surface area contributed by atoms with E-state index in [9.17, 15) is 0 Å². The minimum atomic E-state index is -0.180. The van der Waals surface area contributed by atoms with Crippen molar-refractivity contribution in [3.63, 3.8) is 0 Å². The Hall–Kier alpha value is -2.67. The number of hydrogen-bond donors (Lipinski definition) is 1. The predicted octanol–water partition coefficient (Wildman–Crippen LogP) is 1.54. The smallest absolute Gasteiger partial charge is 0.248 e. The maximum atomic E-state index is 5.73. The van der Waals surface area contributed by atoms with E-state index in [2.05, 4.69) is 20.4 Å². The molecule has 1 aliphatic rings. The minimum Gasteiger partial charge on any atom is -0.492 e. The Labute approximate surface area is 126 Å². The van der Waals surface area contributed by atoms with Gasteiger partial charge in [0, 0.05) is 31.5 Å². The van der Waals surface area contributed by atoms with Crippen molar-refractivity contribution in [2.45, 2.75) is 6.04 Å². The van der Waals surface area contributed by atoms with E-state index < -0.39 is 0 Å². The van der Waals surface area contributed by atoms with Gasteiger partial charge in [-0.15, -0.1) is 0 Å². The molecule has 0 radical (unpaired) electrons. The fourth-order valence-corrected chi connectivity index (χ4v) is 2.57. The molecule has 3 aromatic rings. The SMILES string of the molecule is Cn1ccnc1-c1noc(C2NCCOc3ccccc32)n1. The average Bonchev–Trinajstić information content (AvgIpc) is 3.11. The summed E-state index contributed by atoms with van der Waals surface area (Å²) in [5.74, 6) is 2.50. The Morgan fingerprint density at radius 1 is 1.32 bits per heavy atom. The number of nitrogens with one attached hydrogen (secondary N) is 1. The molecule has 1 unspecified atom stereocenters. The largest absolute Gasteiger partial charge is 0.492 e. The number of fused-ring (bicyclic) bond motifs is 1. The first kappa shape index (κ1) is 13.0. The highest BCUT2D eigenvalue weighted by atomic mass is 16.5. The Bertz CT molecular complexity index is 795. The number of benzene rings is 1. The maximum absolute atomic E-state index is 5.73. The highest BCUT2D eigenvalue weighted by Crippen LogP contribution is 2.31. The van der Waals surface area contributed by atoms with Gasteiger partial charge in [0.25, 0.3) is 0 Å². The molecule has 4 rings (SSSR count). The summed E-state index contributed by atoms with van der Waals surface area (Å²) in [4.78, 5) is 8.74. The van der Waals surface area contributed by atoms with Crippen LogP contribution in [0.5, 0.6) is 5.75 Å². The van der Waals surface area contributed by atoms with Crippen molar-refractivity contribution in [2.75, 3.05) is 13.2 Å². The van der Waals surface area contributed by atoms with E-state index in [0.717, 1.165) is 11.3 Å². The van der Waals surface area contributed by atoms with Crippen LogP contribution in [-0.4, -0.2) is 32.8 Å². The Morgan fingerprint density at radius 3 is 3.09 bits per heavy atom. The molecule has 0 saturated carbocycles. The lowest BCUT2D eigenvalue weighted by Gasteiger charge is -2.12. The lowest BCUT2D eigenvalue weighted by atomic mass is 10.1. The van der Waals surface area contributed by atoms with Crippen LogP contribution in [0.1, 0.15) is 17.5 Å². The highest BCUT2D eigenvalue weighted by Gasteiger charge is 2.26. The normalized spacial score (nSPS) is 17.6. The molecule has 0 amide bonds. The monoisotopic (exact) mass is 297 g/mol. The van der Waals surface area contributed by atoms with Gasteiger partial charge in [0.1, 0.15) is 18.4 Å². The van der Waals surface area contributed by atoms with Crippen LogP contribution in [-0.2, 0) is 7.05 Å². The Morgan fingerprint density at radius 2 is 2.23 bits per heavy atom. The van der Waals surface area contributed by atoms with Crippen LogP contribution in [0.15, 0.2) is 41.2 Å². The summed E-state index contributed by atoms with van der Waals surface area (Å²) in [5, 5.41) is 7.43. The topological polar surface area (TPSA) is 78.0 Å². The molecular weight excluding hydrogens is 282 g/mol. The molecule has 1 aromatic carbocycles. The first-order valence-corrected chi connectivity index (χ1v) is 7.09. The molecule has 7 heteroatoms. The number of ether oxygens (including phenoxy) is 1. The summed E-state index contributed by atoms with van der Waals surface area (Å²) in [6, 6.07) is 7.70. The molecule has 112 valence electrons. The summed E-state index contributed by atoms with van der Waals surface area (Å²) in [6.45, 7) is 1.31. The number of rotatable bonds is 2. The number of imidazole rings is 1. The maximum Gasteiger partial charge on any atom is 0.248 e. The molecule has 22 heavy (non-hydrogen) atoms. The molecule has 1 N–H and O–H groups in total. The Kier molecular flexibility index (Phi) is 3.12. The standard InChI is InChI=1S/C15H15N5O2/c1-20-8-6-17-14(20)13-18-15(22-19-13)12-10-4-2-3-5-11(10)21-9-7-16-12/h2-6,8,12,16H,7,9H2,1H3. The third-order valence-electron chi connectivity index (χ3n) is 3.65. The van der Waals surface area contributed by atoms with Crippen LogP contribution in [0, 0.1) is 0 Å². The number of nitrogens with zero attached hydrogens (tertiary/aromatic N) is 4. The highest BCUT2D eigenvalue weighted by molar-refractivity contribution is 5.44. The fraction of sp³-hybridized carbons (Fsp3) is 0.267. The molecule has 0 bridgehead atoms. The molecule has 0 fully saturated rings. The van der Waals surface area contributed by atoms with Crippen LogP contribution in [0.4, 0.5) is 0 Å². The summed E-state index contributed by atoms with van der Waals surface area (Å²) in [5.41, 5.74) is 0.995. The average molecular weight is 297 g/mol. The first-order chi connectivity index (χ1) is 10.8. The van der Waals surface area contributed by atoms with Crippen molar-refractivity contribution in [1.82, 2.24) is 25.0 Å². The zero-order valence-corrected chi connectivity index (χ0v) is 12.1. The van der Waals surface area contributed by atoms with Gasteiger partial charge in [-0.25, -0.2) is 4.98 Å². The van der Waals surface area contributed by atoms with E-state index in [1.54, 1.807) is 6.20 Å². The second-order valence-electron chi connectivity index (χ2n) is 5.09. The molecule has 3 heterocycles. The van der Waals surface area contributed by atoms with Gasteiger partial charge in [0.2, 0.25) is 11.7 Å². The zero-order chi connectivity index (χ0) is 14.9. The number of aryl methyl sites for hydroxylation is 1. The summed E-state index contributed by atoms with van der Waals surface area (Å²) >= 11 is 0. The number of aromatic nitrogens is 4. The van der Waals surface area contributed by atoms with Gasteiger partial charge in [-0.2, -0.15) is 4.98 Å². The molecule has 0 aliphatic carbocycles. The second-order valence-corrected chi connectivity index (χ2v) is 5.09. The van der Waals surface area contributed by atoms with Gasteiger partial charge in [-0.1, -0.05) is 23.4 Å². The number of hydrogen-bond acceptors (Lipinski definition) is 6. The van der Waals surface area contributed by atoms with Gasteiger partial charge in [-0.05, 0) is 6.07 Å². The van der Waals surface area contributed by atoms with Crippen molar-refractivity contribution < 1.29 is 9.26 Å². The van der Waals surface area contributed by atoms with Gasteiger partial charge in [0.05, 0.1) is 0 Å². The van der Waals surface area contributed by atoms with E-state index in [-0.39, 0.29) is 6.04 Å². The van der Waals surface area contributed by atoms with Crippen LogP contribution >= 0.6 is 0 Å². The van der Waals surface area contributed by atoms with Crippen LogP contribution in [0.2, 0.25) is 0 Å². The van der Waals surface area contributed by atoms with E-state index >= 15 is 0 Å². The van der Waals surface area contributed by atoms with E-state index in [0.29, 0.717) is 30.7 Å². The summed E-state index contributed by atoms with van der Waals surface area (Å²) in [7, 11) is 1.89. The molecular formula is C15H15N5O2. The van der Waals surface area contributed by atoms with E-state index in [1.807, 2.05) is 42.1 Å². The molecule has 0 saturated heterocycles. The quantitative estimate of drug-likeness (QED) is 0.773. The van der Waals surface area contributed by atoms with Gasteiger partial charge in [0.15, 0.2) is 5.82 Å². The van der Waals surface area contributed by atoms with Gasteiger partial charge < -0.3 is 13.8 Å². The van der Waals surface area contributed by atoms with Gasteiger partial charge in [-0.3, -0.25) is 5.32 Å². The molecule has 7 nitrogen and oxygen atoms in total. The van der Waals surface area contributed by atoms with Crippen molar-refractivity contribution in [1.29, 1.82) is 0 Å². The molecule has 0 spiro atoms. The fourth-order valence-electron chi connectivity index (χ4n) is 2.57. The third-order valence-corrected chi connectivity index (χ3v) is 3.65. The van der Waals surface area contributed by atoms with Crippen molar-refractivity contribution >= 4 is 0 Å². The van der Waals surface area contributed by atoms with Crippen LogP contribution in [0.3, 0.4) is 0 Å². The lowest BCUT2D eigenvalue weighted by molar-refractivity contribution is 0.320. The first-order valence-electron chi connectivity index (χ1n) is 7.09. The molecule has 2 aromatic heterocycles. The predicted molar refractivity (Wildman–Crippen MR) is 78.3 cm³/mol. The van der Waals surface area contributed by atoms with E-state index in [1.165, 1.54) is 0 Å². The van der Waals surface area contributed by atoms with Crippen molar-refractivity contribution in [3.8, 4) is 17.4 Å². The second kappa shape index (κ2) is 5.27. The number of para-hydroxylation sites is 1.